The lowest BCUT2D eigenvalue weighted by molar-refractivity contribution is 0.243. The lowest BCUT2D eigenvalue weighted by atomic mass is 10.0. The summed E-state index contributed by atoms with van der Waals surface area (Å²) in [6, 6.07) is 1.55. The van der Waals surface area contributed by atoms with Gasteiger partial charge in [-0.25, -0.2) is 0 Å². The van der Waals surface area contributed by atoms with Gasteiger partial charge in [-0.05, 0) is 32.7 Å². The Morgan fingerprint density at radius 1 is 1.33 bits per heavy atom. The van der Waals surface area contributed by atoms with Crippen LogP contribution in [0.3, 0.4) is 0 Å². The normalized spacial score (nSPS) is 44.0. The summed E-state index contributed by atoms with van der Waals surface area (Å²) in [5.74, 6) is 0.931. The molecule has 1 aliphatic heterocycles. The van der Waals surface area contributed by atoms with Gasteiger partial charge < -0.3 is 10.2 Å². The first-order valence-electron chi connectivity index (χ1n) is 5.21. The van der Waals surface area contributed by atoms with E-state index in [1.165, 1.54) is 32.4 Å². The van der Waals surface area contributed by atoms with Gasteiger partial charge in [-0.15, -0.1) is 0 Å². The summed E-state index contributed by atoms with van der Waals surface area (Å²) in [5, 5.41) is 3.68. The molecule has 0 aromatic carbocycles. The zero-order chi connectivity index (χ0) is 8.55. The van der Waals surface area contributed by atoms with Crippen LogP contribution < -0.4 is 5.32 Å². The highest BCUT2D eigenvalue weighted by atomic mass is 15.2. The topological polar surface area (TPSA) is 15.3 Å². The Morgan fingerprint density at radius 2 is 2.17 bits per heavy atom. The van der Waals surface area contributed by atoms with Crippen LogP contribution in [0.2, 0.25) is 0 Å². The van der Waals surface area contributed by atoms with Gasteiger partial charge in [0.15, 0.2) is 0 Å². The van der Waals surface area contributed by atoms with Gasteiger partial charge in [0, 0.05) is 25.2 Å². The molecule has 0 amide bonds. The van der Waals surface area contributed by atoms with Crippen LogP contribution in [0.1, 0.15) is 26.2 Å². The second-order valence-electron chi connectivity index (χ2n) is 4.49. The molecule has 0 bridgehead atoms. The Bertz CT molecular complexity index is 158. The van der Waals surface area contributed by atoms with Crippen molar-refractivity contribution >= 4 is 0 Å². The van der Waals surface area contributed by atoms with Crippen LogP contribution in [0.15, 0.2) is 0 Å². The molecular weight excluding hydrogens is 148 g/mol. The molecule has 70 valence electrons. The molecule has 1 saturated carbocycles. The number of nitrogens with zero attached hydrogens (tertiary/aromatic N) is 1. The molecule has 2 aliphatic rings. The second kappa shape index (κ2) is 3.35. The maximum absolute atomic E-state index is 3.68. The number of hydrogen-bond donors (Lipinski definition) is 1. The predicted molar refractivity (Wildman–Crippen MR) is 51.2 cm³/mol. The molecule has 0 radical (unpaired) electrons. The summed E-state index contributed by atoms with van der Waals surface area (Å²) in [6.07, 6.45) is 4.28. The zero-order valence-corrected chi connectivity index (χ0v) is 8.21. The Hall–Kier alpha value is -0.0800. The van der Waals surface area contributed by atoms with Crippen molar-refractivity contribution < 1.29 is 0 Å². The predicted octanol–water partition coefficient (Wildman–Crippen LogP) is 1.08. The van der Waals surface area contributed by atoms with Gasteiger partial charge in [0.05, 0.1) is 0 Å². The van der Waals surface area contributed by atoms with E-state index >= 15 is 0 Å². The minimum absolute atomic E-state index is 0.718. The van der Waals surface area contributed by atoms with Crippen molar-refractivity contribution in [3.05, 3.63) is 0 Å². The van der Waals surface area contributed by atoms with E-state index in [4.69, 9.17) is 0 Å². The molecule has 1 N–H and O–H groups in total. The lowest BCUT2D eigenvalue weighted by Crippen LogP contribution is -2.35. The minimum Gasteiger partial charge on any atom is -0.312 e. The van der Waals surface area contributed by atoms with Crippen LogP contribution >= 0.6 is 0 Å². The van der Waals surface area contributed by atoms with Crippen molar-refractivity contribution in [2.45, 2.75) is 38.3 Å². The number of fused-ring (bicyclic) bond motifs is 1. The fourth-order valence-corrected chi connectivity index (χ4v) is 2.55. The SMILES string of the molecule is C[C@H]1CNC2CCCC2CN1C. The molecule has 1 saturated heterocycles. The summed E-state index contributed by atoms with van der Waals surface area (Å²) < 4.78 is 0. The summed E-state index contributed by atoms with van der Waals surface area (Å²) in [6.45, 7) is 4.80. The first-order chi connectivity index (χ1) is 5.77. The highest BCUT2D eigenvalue weighted by Gasteiger charge is 2.31. The van der Waals surface area contributed by atoms with Gasteiger partial charge in [-0.3, -0.25) is 0 Å². The number of rotatable bonds is 0. The van der Waals surface area contributed by atoms with Gasteiger partial charge in [-0.2, -0.15) is 0 Å². The third-order valence-electron chi connectivity index (χ3n) is 3.61. The third-order valence-corrected chi connectivity index (χ3v) is 3.61. The Labute approximate surface area is 75.3 Å². The molecule has 0 aromatic rings. The fourth-order valence-electron chi connectivity index (χ4n) is 2.55. The highest BCUT2D eigenvalue weighted by Crippen LogP contribution is 2.28. The van der Waals surface area contributed by atoms with Crippen LogP contribution in [-0.2, 0) is 0 Å². The van der Waals surface area contributed by atoms with Crippen molar-refractivity contribution in [2.75, 3.05) is 20.1 Å². The van der Waals surface area contributed by atoms with E-state index in [9.17, 15) is 0 Å². The molecule has 2 nitrogen and oxygen atoms in total. The standard InChI is InChI=1S/C10H20N2/c1-8-6-11-10-5-3-4-9(10)7-12(8)2/h8-11H,3-7H2,1-2H3/t8-,9?,10?/m0/s1. The number of likely N-dealkylation sites (N-methyl/N-ethyl adjacent to an activating group) is 1. The second-order valence-corrected chi connectivity index (χ2v) is 4.49. The Morgan fingerprint density at radius 3 is 3.00 bits per heavy atom. The monoisotopic (exact) mass is 168 g/mol. The number of nitrogens with one attached hydrogen (secondary N) is 1. The van der Waals surface area contributed by atoms with Gasteiger partial charge >= 0.3 is 0 Å². The summed E-state index contributed by atoms with van der Waals surface area (Å²) in [7, 11) is 2.26. The molecule has 0 spiro atoms. The van der Waals surface area contributed by atoms with Crippen LogP contribution in [-0.4, -0.2) is 37.1 Å². The molecule has 1 heterocycles. The molecular formula is C10H20N2. The van der Waals surface area contributed by atoms with Crippen molar-refractivity contribution in [1.29, 1.82) is 0 Å². The van der Waals surface area contributed by atoms with E-state index in [1.54, 1.807) is 0 Å². The van der Waals surface area contributed by atoms with Crippen molar-refractivity contribution in [3.8, 4) is 0 Å². The molecule has 0 aromatic heterocycles. The van der Waals surface area contributed by atoms with Crippen molar-refractivity contribution in [2.24, 2.45) is 5.92 Å². The van der Waals surface area contributed by atoms with Crippen molar-refractivity contribution in [3.63, 3.8) is 0 Å². The van der Waals surface area contributed by atoms with E-state index in [-0.39, 0.29) is 0 Å². The largest absolute Gasteiger partial charge is 0.312 e. The average Bonchev–Trinajstić information content (AvgIpc) is 2.43. The van der Waals surface area contributed by atoms with Crippen molar-refractivity contribution in [1.82, 2.24) is 10.2 Å². The quantitative estimate of drug-likeness (QED) is 0.582. The Kier molecular flexibility index (Phi) is 2.37. The first-order valence-corrected chi connectivity index (χ1v) is 5.21. The van der Waals surface area contributed by atoms with Crippen LogP contribution in [0.25, 0.3) is 0 Å². The van der Waals surface area contributed by atoms with E-state index in [0.29, 0.717) is 0 Å². The lowest BCUT2D eigenvalue weighted by Gasteiger charge is -2.23. The molecule has 2 heteroatoms. The highest BCUT2D eigenvalue weighted by molar-refractivity contribution is 4.89. The maximum atomic E-state index is 3.68. The molecule has 2 rings (SSSR count). The average molecular weight is 168 g/mol. The van der Waals surface area contributed by atoms with Gasteiger partial charge in [0.2, 0.25) is 0 Å². The molecule has 1 aliphatic carbocycles. The summed E-state index contributed by atoms with van der Waals surface area (Å²) >= 11 is 0. The molecule has 2 fully saturated rings. The molecule has 2 unspecified atom stereocenters. The summed E-state index contributed by atoms with van der Waals surface area (Å²) in [5.41, 5.74) is 0. The van der Waals surface area contributed by atoms with Gasteiger partial charge in [0.25, 0.3) is 0 Å². The van der Waals surface area contributed by atoms with Gasteiger partial charge in [0.1, 0.15) is 0 Å². The summed E-state index contributed by atoms with van der Waals surface area (Å²) in [4.78, 5) is 2.50. The maximum Gasteiger partial charge on any atom is 0.0189 e. The minimum atomic E-state index is 0.718. The third kappa shape index (κ3) is 1.50. The van der Waals surface area contributed by atoms with Crippen LogP contribution in [0, 0.1) is 5.92 Å². The van der Waals surface area contributed by atoms with E-state index in [2.05, 4.69) is 24.2 Å². The number of hydrogen-bond acceptors (Lipinski definition) is 2. The first kappa shape index (κ1) is 8.52. The van der Waals surface area contributed by atoms with E-state index in [1.807, 2.05) is 0 Å². The Balaban J connectivity index is 2.01. The van der Waals surface area contributed by atoms with Gasteiger partial charge in [-0.1, -0.05) is 6.42 Å². The smallest absolute Gasteiger partial charge is 0.0189 e. The van der Waals surface area contributed by atoms with E-state index in [0.717, 1.165) is 18.0 Å². The van der Waals surface area contributed by atoms with E-state index < -0.39 is 0 Å². The van der Waals surface area contributed by atoms with Crippen LogP contribution in [0.4, 0.5) is 0 Å². The molecule has 3 atom stereocenters. The molecule has 12 heavy (non-hydrogen) atoms. The fraction of sp³-hybridized carbons (Fsp3) is 1.00. The zero-order valence-electron chi connectivity index (χ0n) is 8.21. The van der Waals surface area contributed by atoms with Crippen LogP contribution in [0.5, 0.6) is 0 Å².